The summed E-state index contributed by atoms with van der Waals surface area (Å²) in [6.07, 6.45) is 19.3. The molecule has 4 heterocycles. The SMILES string of the molecule is CCCCCCCCCCCCSCC[C@H]1CN2CC[C@H]1C[C@H]2[C@H](O)c1ccnc2ccc(OC)cc12. The number of aliphatic hydroxyl groups excluding tert-OH is 1. The first-order valence-electron chi connectivity index (χ1n) is 15.1. The predicted molar refractivity (Wildman–Crippen MR) is 159 cm³/mol. The average Bonchev–Trinajstić information content (AvgIpc) is 2.94. The minimum atomic E-state index is -0.480. The van der Waals surface area contributed by atoms with Crippen LogP contribution in [0.2, 0.25) is 0 Å². The maximum atomic E-state index is 11.5. The monoisotopic (exact) mass is 526 g/mol. The predicted octanol–water partition coefficient (Wildman–Crippen LogP) is 8.03. The number of piperidine rings is 3. The van der Waals surface area contributed by atoms with E-state index in [1.807, 2.05) is 30.5 Å². The molecule has 2 aromatic rings. The van der Waals surface area contributed by atoms with Crippen LogP contribution in [0, 0.1) is 11.8 Å². The Morgan fingerprint density at radius 1 is 1.03 bits per heavy atom. The number of methoxy groups -OCH3 is 1. The second-order valence-electron chi connectivity index (χ2n) is 11.4. The molecule has 206 valence electrons. The molecule has 4 nitrogen and oxygen atoms in total. The van der Waals surface area contributed by atoms with Gasteiger partial charge in [0.1, 0.15) is 5.75 Å². The zero-order chi connectivity index (χ0) is 25.9. The van der Waals surface area contributed by atoms with Gasteiger partial charge in [0.2, 0.25) is 0 Å². The molecule has 3 saturated heterocycles. The Bertz CT molecular complexity index is 938. The highest BCUT2D eigenvalue weighted by Gasteiger charge is 2.43. The number of rotatable bonds is 17. The van der Waals surface area contributed by atoms with Gasteiger partial charge in [0.05, 0.1) is 18.7 Å². The van der Waals surface area contributed by atoms with Crippen molar-refractivity contribution < 1.29 is 9.84 Å². The molecule has 3 aliphatic heterocycles. The van der Waals surface area contributed by atoms with Crippen LogP contribution in [0.3, 0.4) is 0 Å². The fraction of sp³-hybridized carbons (Fsp3) is 0.719. The van der Waals surface area contributed by atoms with Crippen molar-refractivity contribution in [3.8, 4) is 5.75 Å². The van der Waals surface area contributed by atoms with E-state index < -0.39 is 6.10 Å². The van der Waals surface area contributed by atoms with Gasteiger partial charge in [-0.1, -0.05) is 64.7 Å². The minimum absolute atomic E-state index is 0.214. The molecule has 0 spiro atoms. The second kappa shape index (κ2) is 15.3. The van der Waals surface area contributed by atoms with Crippen molar-refractivity contribution in [1.29, 1.82) is 0 Å². The molecule has 3 fully saturated rings. The zero-order valence-electron chi connectivity index (χ0n) is 23.4. The van der Waals surface area contributed by atoms with Gasteiger partial charge in [-0.05, 0) is 85.4 Å². The highest BCUT2D eigenvalue weighted by Crippen LogP contribution is 2.43. The van der Waals surface area contributed by atoms with Crippen molar-refractivity contribution >= 4 is 22.7 Å². The van der Waals surface area contributed by atoms with E-state index in [0.717, 1.165) is 53.6 Å². The summed E-state index contributed by atoms with van der Waals surface area (Å²) in [5, 5.41) is 12.5. The quantitative estimate of drug-likeness (QED) is 0.211. The molecule has 0 amide bonds. The van der Waals surface area contributed by atoms with Gasteiger partial charge >= 0.3 is 0 Å². The third-order valence-electron chi connectivity index (χ3n) is 8.88. The van der Waals surface area contributed by atoms with Gasteiger partial charge in [-0.2, -0.15) is 11.8 Å². The summed E-state index contributed by atoms with van der Waals surface area (Å²) >= 11 is 2.17. The van der Waals surface area contributed by atoms with E-state index in [1.54, 1.807) is 7.11 Å². The fourth-order valence-corrected chi connectivity index (χ4v) is 7.68. The lowest BCUT2D eigenvalue weighted by Crippen LogP contribution is -2.55. The van der Waals surface area contributed by atoms with Gasteiger partial charge in [-0.25, -0.2) is 0 Å². The molecular formula is C32H50N2O2S. The van der Waals surface area contributed by atoms with Crippen LogP contribution in [-0.4, -0.2) is 52.7 Å². The lowest BCUT2D eigenvalue weighted by molar-refractivity contribution is -0.0559. The standard InChI is InChI=1S/C32H50N2O2S/c1-3-4-5-6-7-8-9-10-11-12-20-37-21-17-26-24-34-19-16-25(26)22-31(34)32(35)28-15-18-33-30-14-13-27(36-2)23-29(28)30/h13-15,18,23,25-26,31-32,35H,3-12,16-17,19-22,24H2,1-2H3/t25-,26-,31-,32+/m0/s1. The number of aliphatic hydroxyl groups is 1. The van der Waals surface area contributed by atoms with Crippen LogP contribution in [0.5, 0.6) is 5.75 Å². The summed E-state index contributed by atoms with van der Waals surface area (Å²) in [6, 6.07) is 8.16. The molecule has 1 aromatic carbocycles. The van der Waals surface area contributed by atoms with Crippen LogP contribution in [-0.2, 0) is 0 Å². The smallest absolute Gasteiger partial charge is 0.119 e. The minimum Gasteiger partial charge on any atom is -0.497 e. The van der Waals surface area contributed by atoms with Crippen molar-refractivity contribution in [3.63, 3.8) is 0 Å². The summed E-state index contributed by atoms with van der Waals surface area (Å²) in [5.41, 5.74) is 1.91. The van der Waals surface area contributed by atoms with Gasteiger partial charge in [0, 0.05) is 24.2 Å². The van der Waals surface area contributed by atoms with E-state index in [-0.39, 0.29) is 6.04 Å². The number of unbranched alkanes of at least 4 members (excludes halogenated alkanes) is 9. The Hall–Kier alpha value is -1.30. The topological polar surface area (TPSA) is 45.6 Å². The van der Waals surface area contributed by atoms with Gasteiger partial charge < -0.3 is 9.84 Å². The second-order valence-corrected chi connectivity index (χ2v) is 12.6. The first-order chi connectivity index (χ1) is 18.2. The molecule has 5 atom stereocenters. The number of thioether (sulfide) groups is 1. The van der Waals surface area contributed by atoms with E-state index in [1.165, 1.54) is 88.6 Å². The molecule has 3 aliphatic rings. The Balaban J connectivity index is 1.15. The number of hydrogen-bond acceptors (Lipinski definition) is 5. The molecule has 0 aliphatic carbocycles. The van der Waals surface area contributed by atoms with Crippen molar-refractivity contribution in [1.82, 2.24) is 9.88 Å². The van der Waals surface area contributed by atoms with Crippen LogP contribution < -0.4 is 4.74 Å². The number of hydrogen-bond donors (Lipinski definition) is 1. The summed E-state index contributed by atoms with van der Waals surface area (Å²) < 4.78 is 5.44. The molecule has 1 unspecified atom stereocenters. The lowest BCUT2D eigenvalue weighted by Gasteiger charge is -2.51. The third-order valence-corrected chi connectivity index (χ3v) is 9.98. The van der Waals surface area contributed by atoms with Crippen molar-refractivity contribution in [2.75, 3.05) is 31.7 Å². The Kier molecular flexibility index (Phi) is 11.9. The summed E-state index contributed by atoms with van der Waals surface area (Å²) in [6.45, 7) is 4.57. The van der Waals surface area contributed by atoms with Crippen molar-refractivity contribution in [3.05, 3.63) is 36.0 Å². The maximum Gasteiger partial charge on any atom is 0.119 e. The van der Waals surface area contributed by atoms with E-state index in [0.29, 0.717) is 0 Å². The largest absolute Gasteiger partial charge is 0.497 e. The fourth-order valence-electron chi connectivity index (χ4n) is 6.60. The van der Waals surface area contributed by atoms with Crippen LogP contribution in [0.15, 0.2) is 30.5 Å². The molecule has 5 heteroatoms. The molecule has 37 heavy (non-hydrogen) atoms. The first kappa shape index (κ1) is 28.7. The zero-order valence-corrected chi connectivity index (χ0v) is 24.2. The molecule has 0 radical (unpaired) electrons. The van der Waals surface area contributed by atoms with Crippen LogP contribution in [0.4, 0.5) is 0 Å². The molecule has 0 saturated carbocycles. The van der Waals surface area contributed by atoms with E-state index in [2.05, 4.69) is 28.6 Å². The molecule has 2 bridgehead atoms. The van der Waals surface area contributed by atoms with Gasteiger partial charge in [0.25, 0.3) is 0 Å². The van der Waals surface area contributed by atoms with E-state index in [9.17, 15) is 5.11 Å². The highest BCUT2D eigenvalue weighted by atomic mass is 32.2. The number of benzene rings is 1. The Morgan fingerprint density at radius 3 is 2.49 bits per heavy atom. The Labute approximate surface area is 230 Å². The van der Waals surface area contributed by atoms with Crippen LogP contribution in [0.25, 0.3) is 10.9 Å². The summed E-state index contributed by atoms with van der Waals surface area (Å²) in [4.78, 5) is 7.09. The number of nitrogens with zero attached hydrogens (tertiary/aromatic N) is 2. The van der Waals surface area contributed by atoms with Crippen molar-refractivity contribution in [2.24, 2.45) is 11.8 Å². The number of pyridine rings is 1. The lowest BCUT2D eigenvalue weighted by atomic mass is 9.72. The summed E-state index contributed by atoms with van der Waals surface area (Å²) in [7, 11) is 1.69. The normalized spacial score (nSPS) is 24.0. The molecule has 5 rings (SSSR count). The molecular weight excluding hydrogens is 476 g/mol. The van der Waals surface area contributed by atoms with E-state index >= 15 is 0 Å². The summed E-state index contributed by atoms with van der Waals surface area (Å²) in [5.74, 6) is 5.00. The molecule has 1 N–H and O–H groups in total. The van der Waals surface area contributed by atoms with E-state index in [4.69, 9.17) is 4.74 Å². The van der Waals surface area contributed by atoms with Crippen LogP contribution in [0.1, 0.15) is 102 Å². The number of fused-ring (bicyclic) bond motifs is 4. The van der Waals surface area contributed by atoms with Crippen LogP contribution >= 0.6 is 11.8 Å². The number of ether oxygens (including phenoxy) is 1. The van der Waals surface area contributed by atoms with Gasteiger partial charge in [0.15, 0.2) is 0 Å². The highest BCUT2D eigenvalue weighted by molar-refractivity contribution is 7.99. The first-order valence-corrected chi connectivity index (χ1v) is 16.3. The molecule has 1 aromatic heterocycles. The van der Waals surface area contributed by atoms with Crippen molar-refractivity contribution in [2.45, 2.75) is 103 Å². The average molecular weight is 527 g/mol. The van der Waals surface area contributed by atoms with Gasteiger partial charge in [-0.15, -0.1) is 0 Å². The Morgan fingerprint density at radius 2 is 1.78 bits per heavy atom. The number of aromatic nitrogens is 1. The maximum absolute atomic E-state index is 11.5. The third kappa shape index (κ3) is 8.10. The van der Waals surface area contributed by atoms with Gasteiger partial charge in [-0.3, -0.25) is 9.88 Å².